The molecule has 0 spiro atoms. The second-order valence-corrected chi connectivity index (χ2v) is 10.8. The molecule has 0 radical (unpaired) electrons. The summed E-state index contributed by atoms with van der Waals surface area (Å²) in [5.74, 6) is 0.272. The standard InChI is InChI=1S/C27H20N4O2S2/c1-15-9-10-17-19(14-28)27(35-22(17)12-15)30-25(32)18-13-20(21-8-5-11-34-21)29-26-23(18)24(31-33-26)16-6-3-2-4-7-16/h2-8,11,13,15H,9-10,12H2,1H3,(H,30,32). The predicted octanol–water partition coefficient (Wildman–Crippen LogP) is 6.93. The highest BCUT2D eigenvalue weighted by molar-refractivity contribution is 7.16. The Balaban J connectivity index is 1.48. The van der Waals surface area contributed by atoms with Gasteiger partial charge >= 0.3 is 0 Å². The summed E-state index contributed by atoms with van der Waals surface area (Å²) in [6.45, 7) is 2.23. The number of hydrogen-bond donors (Lipinski definition) is 1. The zero-order valence-corrected chi connectivity index (χ0v) is 20.5. The van der Waals surface area contributed by atoms with Crippen LogP contribution in [-0.4, -0.2) is 16.0 Å². The number of benzene rings is 1. The third kappa shape index (κ3) is 3.83. The Hall–Kier alpha value is -3.80. The number of nitrogens with one attached hydrogen (secondary N) is 1. The first kappa shape index (κ1) is 21.7. The van der Waals surface area contributed by atoms with E-state index in [0.717, 1.165) is 35.3 Å². The normalized spacial score (nSPS) is 15.0. The van der Waals surface area contributed by atoms with Crippen LogP contribution in [0.25, 0.3) is 32.9 Å². The summed E-state index contributed by atoms with van der Waals surface area (Å²) in [6, 6.07) is 17.6. The monoisotopic (exact) mass is 496 g/mol. The number of carbonyl (C=O) groups is 1. The average molecular weight is 497 g/mol. The Labute approximate surface area is 209 Å². The van der Waals surface area contributed by atoms with Crippen molar-refractivity contribution in [1.82, 2.24) is 10.1 Å². The molecule has 0 saturated heterocycles. The number of aromatic nitrogens is 2. The molecule has 0 fully saturated rings. The summed E-state index contributed by atoms with van der Waals surface area (Å²) >= 11 is 3.06. The van der Waals surface area contributed by atoms with Crippen LogP contribution in [0, 0.1) is 17.2 Å². The number of nitriles is 1. The van der Waals surface area contributed by atoms with Crippen molar-refractivity contribution in [2.24, 2.45) is 5.92 Å². The topological polar surface area (TPSA) is 91.8 Å². The Morgan fingerprint density at radius 2 is 2.09 bits per heavy atom. The number of rotatable bonds is 4. The molecule has 0 saturated carbocycles. The molecule has 0 bridgehead atoms. The maximum absolute atomic E-state index is 13.8. The van der Waals surface area contributed by atoms with Crippen molar-refractivity contribution in [1.29, 1.82) is 5.26 Å². The molecule has 1 aliphatic rings. The molecule has 1 amide bonds. The Morgan fingerprint density at radius 1 is 1.23 bits per heavy atom. The van der Waals surface area contributed by atoms with Crippen LogP contribution in [0.5, 0.6) is 0 Å². The summed E-state index contributed by atoms with van der Waals surface area (Å²) in [7, 11) is 0. The van der Waals surface area contributed by atoms with Crippen molar-refractivity contribution in [2.75, 3.05) is 5.32 Å². The molecule has 1 aliphatic carbocycles. The highest BCUT2D eigenvalue weighted by atomic mass is 32.1. The number of amides is 1. The summed E-state index contributed by atoms with van der Waals surface area (Å²) in [5.41, 5.74) is 4.44. The van der Waals surface area contributed by atoms with E-state index in [2.05, 4.69) is 28.5 Å². The molecule has 6 rings (SSSR count). The first-order valence-corrected chi connectivity index (χ1v) is 13.1. The first-order valence-electron chi connectivity index (χ1n) is 11.4. The molecule has 1 unspecified atom stereocenters. The Morgan fingerprint density at radius 3 is 2.86 bits per heavy atom. The van der Waals surface area contributed by atoms with Gasteiger partial charge in [0, 0.05) is 10.4 Å². The quantitative estimate of drug-likeness (QED) is 0.291. The van der Waals surface area contributed by atoms with Gasteiger partial charge in [0.2, 0.25) is 0 Å². The minimum absolute atomic E-state index is 0.305. The number of carbonyl (C=O) groups excluding carboxylic acids is 1. The van der Waals surface area contributed by atoms with Gasteiger partial charge in [-0.25, -0.2) is 4.98 Å². The highest BCUT2D eigenvalue weighted by Crippen LogP contribution is 2.40. The van der Waals surface area contributed by atoms with E-state index in [1.807, 2.05) is 47.8 Å². The van der Waals surface area contributed by atoms with E-state index in [9.17, 15) is 10.1 Å². The molecule has 8 heteroatoms. The smallest absolute Gasteiger partial charge is 0.259 e. The largest absolute Gasteiger partial charge is 0.335 e. The highest BCUT2D eigenvalue weighted by Gasteiger charge is 2.27. The lowest BCUT2D eigenvalue weighted by molar-refractivity contribution is 0.102. The molecule has 5 aromatic rings. The fourth-order valence-electron chi connectivity index (χ4n) is 4.60. The summed E-state index contributed by atoms with van der Waals surface area (Å²) in [5, 5.41) is 20.3. The number of thiophene rings is 2. The maximum Gasteiger partial charge on any atom is 0.259 e. The molecule has 1 N–H and O–H groups in total. The maximum atomic E-state index is 13.8. The van der Waals surface area contributed by atoms with Crippen molar-refractivity contribution in [3.05, 3.63) is 75.5 Å². The SMILES string of the molecule is CC1CCc2c(sc(NC(=O)c3cc(-c4cccs4)nc4onc(-c5ccccc5)c34)c2C#N)C1. The second-order valence-electron chi connectivity index (χ2n) is 8.73. The van der Waals surface area contributed by atoms with Gasteiger partial charge in [-0.15, -0.1) is 22.7 Å². The van der Waals surface area contributed by atoms with E-state index in [1.165, 1.54) is 27.6 Å². The van der Waals surface area contributed by atoms with E-state index in [0.29, 0.717) is 44.5 Å². The van der Waals surface area contributed by atoms with Gasteiger partial charge in [-0.2, -0.15) is 5.26 Å². The van der Waals surface area contributed by atoms with Crippen LogP contribution >= 0.6 is 22.7 Å². The summed E-state index contributed by atoms with van der Waals surface area (Å²) in [6.07, 6.45) is 2.87. The van der Waals surface area contributed by atoms with Gasteiger partial charge in [-0.3, -0.25) is 4.79 Å². The van der Waals surface area contributed by atoms with Crippen molar-refractivity contribution in [3.63, 3.8) is 0 Å². The molecule has 1 atom stereocenters. The lowest BCUT2D eigenvalue weighted by atomic mass is 9.88. The average Bonchev–Trinajstić information content (AvgIpc) is 3.62. The van der Waals surface area contributed by atoms with Crippen LogP contribution in [0.2, 0.25) is 0 Å². The number of fused-ring (bicyclic) bond motifs is 2. The van der Waals surface area contributed by atoms with Crippen molar-refractivity contribution in [3.8, 4) is 27.9 Å². The third-order valence-corrected chi connectivity index (χ3v) is 8.42. The van der Waals surface area contributed by atoms with Crippen molar-refractivity contribution in [2.45, 2.75) is 26.2 Å². The molecule has 4 heterocycles. The lowest BCUT2D eigenvalue weighted by Crippen LogP contribution is -2.13. The van der Waals surface area contributed by atoms with Crippen LogP contribution in [0.3, 0.4) is 0 Å². The minimum atomic E-state index is -0.307. The van der Waals surface area contributed by atoms with Crippen LogP contribution in [-0.2, 0) is 12.8 Å². The van der Waals surface area contributed by atoms with E-state index in [1.54, 1.807) is 6.07 Å². The molecule has 1 aromatic carbocycles. The number of nitrogens with zero attached hydrogens (tertiary/aromatic N) is 3. The van der Waals surface area contributed by atoms with E-state index in [-0.39, 0.29) is 5.91 Å². The predicted molar refractivity (Wildman–Crippen MR) is 139 cm³/mol. The van der Waals surface area contributed by atoms with Crippen molar-refractivity contribution >= 4 is 44.7 Å². The number of hydrogen-bond acceptors (Lipinski definition) is 7. The first-order chi connectivity index (χ1) is 17.1. The van der Waals surface area contributed by atoms with Crippen LogP contribution in [0.4, 0.5) is 5.00 Å². The van der Waals surface area contributed by atoms with E-state index < -0.39 is 0 Å². The molecular weight excluding hydrogens is 476 g/mol. The zero-order chi connectivity index (χ0) is 23.9. The van der Waals surface area contributed by atoms with Crippen LogP contribution in [0.1, 0.15) is 39.7 Å². The van der Waals surface area contributed by atoms with Crippen LogP contribution < -0.4 is 5.32 Å². The van der Waals surface area contributed by atoms with Gasteiger partial charge in [0.15, 0.2) is 0 Å². The summed E-state index contributed by atoms with van der Waals surface area (Å²) in [4.78, 5) is 20.6. The molecular formula is C27H20N4O2S2. The van der Waals surface area contributed by atoms with Crippen LogP contribution in [0.15, 0.2) is 58.4 Å². The van der Waals surface area contributed by atoms with Crippen molar-refractivity contribution < 1.29 is 9.32 Å². The summed E-state index contributed by atoms with van der Waals surface area (Å²) < 4.78 is 5.62. The van der Waals surface area contributed by atoms with Gasteiger partial charge in [0.05, 0.1) is 27.1 Å². The Kier molecular flexibility index (Phi) is 5.44. The molecule has 6 nitrogen and oxygen atoms in total. The van der Waals surface area contributed by atoms with Gasteiger partial charge < -0.3 is 9.84 Å². The number of anilines is 1. The number of pyridine rings is 1. The van der Waals surface area contributed by atoms with Gasteiger partial charge in [-0.05, 0) is 48.3 Å². The Bertz CT molecular complexity index is 1590. The molecule has 172 valence electrons. The molecule has 35 heavy (non-hydrogen) atoms. The van der Waals surface area contributed by atoms with Gasteiger partial charge in [-0.1, -0.05) is 48.5 Å². The van der Waals surface area contributed by atoms with Gasteiger partial charge in [0.1, 0.15) is 16.8 Å². The fraction of sp³-hybridized carbons (Fsp3) is 0.185. The molecule has 4 aromatic heterocycles. The van der Waals surface area contributed by atoms with E-state index in [4.69, 9.17) is 4.52 Å². The lowest BCUT2D eigenvalue weighted by Gasteiger charge is -2.17. The van der Waals surface area contributed by atoms with Gasteiger partial charge in [0.25, 0.3) is 11.6 Å². The van der Waals surface area contributed by atoms with E-state index >= 15 is 0 Å². The third-order valence-electron chi connectivity index (χ3n) is 6.36. The fourth-order valence-corrected chi connectivity index (χ4v) is 6.64. The second kappa shape index (κ2) is 8.77. The molecule has 0 aliphatic heterocycles. The minimum Gasteiger partial charge on any atom is -0.335 e. The zero-order valence-electron chi connectivity index (χ0n) is 18.9.